The molecule has 26 heavy (non-hydrogen) atoms. The number of amides is 1. The highest BCUT2D eigenvalue weighted by atomic mass is 79.9. The lowest BCUT2D eigenvalue weighted by molar-refractivity contribution is 0.0528. The first-order valence-corrected chi connectivity index (χ1v) is 10.8. The molecule has 1 amide bonds. The van der Waals surface area contributed by atoms with Crippen LogP contribution in [0.2, 0.25) is 0 Å². The number of thiophene rings is 2. The Kier molecular flexibility index (Phi) is 6.29. The minimum absolute atomic E-state index is 0.270. The average Bonchev–Trinajstić information content (AvgIpc) is 3.20. The van der Waals surface area contributed by atoms with Gasteiger partial charge in [0.15, 0.2) is 0 Å². The molecule has 1 aromatic carbocycles. The zero-order valence-corrected chi connectivity index (χ0v) is 18.4. The van der Waals surface area contributed by atoms with Crippen molar-refractivity contribution in [2.45, 2.75) is 6.92 Å². The second kappa shape index (κ2) is 8.47. The molecule has 0 unspecified atom stereocenters. The average molecular weight is 515 g/mol. The Morgan fingerprint density at radius 3 is 2.46 bits per heavy atom. The predicted octanol–water partition coefficient (Wildman–Crippen LogP) is 6.43. The van der Waals surface area contributed by atoms with E-state index < -0.39 is 5.97 Å². The molecule has 0 aliphatic carbocycles. The van der Waals surface area contributed by atoms with E-state index in [0.29, 0.717) is 15.4 Å². The number of nitrogens with one attached hydrogen (secondary N) is 1. The van der Waals surface area contributed by atoms with Crippen LogP contribution in [0.5, 0.6) is 0 Å². The summed E-state index contributed by atoms with van der Waals surface area (Å²) in [6, 6.07) is 13.2. The van der Waals surface area contributed by atoms with Gasteiger partial charge in [-0.2, -0.15) is 0 Å². The van der Waals surface area contributed by atoms with E-state index in [1.165, 1.54) is 22.7 Å². The fourth-order valence-electron chi connectivity index (χ4n) is 2.21. The van der Waals surface area contributed by atoms with Crippen molar-refractivity contribution in [2.24, 2.45) is 0 Å². The van der Waals surface area contributed by atoms with Gasteiger partial charge < -0.3 is 10.1 Å². The molecule has 0 radical (unpaired) electrons. The van der Waals surface area contributed by atoms with Gasteiger partial charge in [0.05, 0.1) is 20.8 Å². The number of hydrogen-bond acceptors (Lipinski definition) is 5. The highest BCUT2D eigenvalue weighted by molar-refractivity contribution is 9.13. The van der Waals surface area contributed by atoms with Crippen molar-refractivity contribution < 1.29 is 14.3 Å². The number of halogens is 2. The van der Waals surface area contributed by atoms with E-state index in [0.717, 1.165) is 18.7 Å². The molecule has 8 heteroatoms. The summed E-state index contributed by atoms with van der Waals surface area (Å²) >= 11 is 9.42. The van der Waals surface area contributed by atoms with E-state index in [1.807, 2.05) is 30.3 Å². The number of hydrogen-bond donors (Lipinski definition) is 1. The van der Waals surface area contributed by atoms with E-state index >= 15 is 0 Å². The predicted molar refractivity (Wildman–Crippen MR) is 113 cm³/mol. The van der Waals surface area contributed by atoms with Gasteiger partial charge in [0.2, 0.25) is 0 Å². The van der Waals surface area contributed by atoms with Crippen molar-refractivity contribution in [3.8, 4) is 10.4 Å². The van der Waals surface area contributed by atoms with Crippen LogP contribution in [0.1, 0.15) is 27.0 Å². The molecule has 0 aliphatic rings. The third-order valence-corrected chi connectivity index (χ3v) is 7.74. The molecule has 0 saturated carbocycles. The Hall–Kier alpha value is -1.48. The minimum atomic E-state index is -0.449. The van der Waals surface area contributed by atoms with Crippen LogP contribution in [0, 0.1) is 0 Å². The van der Waals surface area contributed by atoms with Crippen LogP contribution in [0.3, 0.4) is 0 Å². The first-order chi connectivity index (χ1) is 12.5. The van der Waals surface area contributed by atoms with Crippen molar-refractivity contribution >= 4 is 71.4 Å². The van der Waals surface area contributed by atoms with Crippen molar-refractivity contribution in [1.29, 1.82) is 0 Å². The monoisotopic (exact) mass is 513 g/mol. The van der Waals surface area contributed by atoms with E-state index in [-0.39, 0.29) is 12.5 Å². The smallest absolute Gasteiger partial charge is 0.341 e. The number of carbonyl (C=O) groups excluding carboxylic acids is 2. The number of rotatable bonds is 5. The van der Waals surface area contributed by atoms with Crippen LogP contribution in [-0.4, -0.2) is 18.5 Å². The van der Waals surface area contributed by atoms with E-state index in [1.54, 1.807) is 19.1 Å². The molecule has 1 N–H and O–H groups in total. The molecule has 4 nitrogen and oxygen atoms in total. The fraction of sp³-hybridized carbons (Fsp3) is 0.111. The van der Waals surface area contributed by atoms with E-state index in [2.05, 4.69) is 37.2 Å². The normalized spacial score (nSPS) is 10.6. The second-order valence-electron chi connectivity index (χ2n) is 5.13. The topological polar surface area (TPSA) is 55.4 Å². The van der Waals surface area contributed by atoms with E-state index in [4.69, 9.17) is 4.74 Å². The standard InChI is InChI=1S/C18H13Br2NO3S2/c1-2-24-18(23)11-8-13(10-6-4-3-5-7-10)26-17(11)21-16(22)14-9-12(19)15(20)25-14/h3-9H,2H2,1H3,(H,21,22). The molecule has 2 heterocycles. The zero-order valence-electron chi connectivity index (χ0n) is 13.5. The highest BCUT2D eigenvalue weighted by Gasteiger charge is 2.21. The number of esters is 1. The zero-order chi connectivity index (χ0) is 18.7. The molecule has 134 valence electrons. The third kappa shape index (κ3) is 4.25. The molecular weight excluding hydrogens is 502 g/mol. The van der Waals surface area contributed by atoms with Crippen LogP contribution in [0.4, 0.5) is 5.00 Å². The van der Waals surface area contributed by atoms with Gasteiger partial charge in [0.25, 0.3) is 5.91 Å². The number of carbonyl (C=O) groups is 2. The quantitative estimate of drug-likeness (QED) is 0.399. The van der Waals surface area contributed by atoms with Gasteiger partial charge in [0, 0.05) is 9.35 Å². The lowest BCUT2D eigenvalue weighted by atomic mass is 10.1. The highest BCUT2D eigenvalue weighted by Crippen LogP contribution is 2.37. The van der Waals surface area contributed by atoms with Gasteiger partial charge >= 0.3 is 5.97 Å². The summed E-state index contributed by atoms with van der Waals surface area (Å²) in [5.74, 6) is -0.719. The van der Waals surface area contributed by atoms with Gasteiger partial charge in [-0.25, -0.2) is 4.79 Å². The number of anilines is 1. The molecule has 3 rings (SSSR count). The first kappa shape index (κ1) is 19.3. The molecule has 0 saturated heterocycles. The molecule has 3 aromatic rings. The molecule has 0 bridgehead atoms. The molecule has 0 atom stereocenters. The Morgan fingerprint density at radius 1 is 1.12 bits per heavy atom. The van der Waals surface area contributed by atoms with Gasteiger partial charge in [-0.15, -0.1) is 22.7 Å². The van der Waals surface area contributed by atoms with Gasteiger partial charge in [0.1, 0.15) is 5.00 Å². The van der Waals surface area contributed by atoms with Gasteiger partial charge in [-0.05, 0) is 56.5 Å². The molecule has 2 aromatic heterocycles. The van der Waals surface area contributed by atoms with Crippen molar-refractivity contribution in [3.05, 3.63) is 61.2 Å². The summed E-state index contributed by atoms with van der Waals surface area (Å²) in [6.45, 7) is 2.02. The van der Waals surface area contributed by atoms with Crippen LogP contribution in [-0.2, 0) is 4.74 Å². The Labute approximate surface area is 175 Å². The molecular formula is C18H13Br2NO3S2. The maximum Gasteiger partial charge on any atom is 0.341 e. The maximum atomic E-state index is 12.6. The largest absolute Gasteiger partial charge is 0.462 e. The van der Waals surface area contributed by atoms with Gasteiger partial charge in [-0.3, -0.25) is 4.79 Å². The first-order valence-electron chi connectivity index (χ1n) is 7.62. The molecule has 0 fully saturated rings. The lowest BCUT2D eigenvalue weighted by Gasteiger charge is -2.04. The van der Waals surface area contributed by atoms with Gasteiger partial charge in [-0.1, -0.05) is 30.3 Å². The van der Waals surface area contributed by atoms with Crippen LogP contribution < -0.4 is 5.32 Å². The Morgan fingerprint density at radius 2 is 1.85 bits per heavy atom. The SMILES string of the molecule is CCOC(=O)c1cc(-c2ccccc2)sc1NC(=O)c1cc(Br)c(Br)s1. The Balaban J connectivity index is 1.94. The van der Waals surface area contributed by atoms with Crippen LogP contribution >= 0.6 is 54.5 Å². The van der Waals surface area contributed by atoms with Crippen molar-refractivity contribution in [1.82, 2.24) is 0 Å². The van der Waals surface area contributed by atoms with E-state index in [9.17, 15) is 9.59 Å². The fourth-order valence-corrected chi connectivity index (χ4v) is 5.19. The van der Waals surface area contributed by atoms with Crippen LogP contribution in [0.25, 0.3) is 10.4 Å². The Bertz CT molecular complexity index is 931. The maximum absolute atomic E-state index is 12.6. The summed E-state index contributed by atoms with van der Waals surface area (Å²) in [5.41, 5.74) is 1.34. The summed E-state index contributed by atoms with van der Waals surface area (Å²) in [5, 5.41) is 3.32. The van der Waals surface area contributed by atoms with Crippen molar-refractivity contribution in [3.63, 3.8) is 0 Å². The third-order valence-electron chi connectivity index (χ3n) is 3.38. The molecule has 0 aliphatic heterocycles. The summed E-state index contributed by atoms with van der Waals surface area (Å²) in [7, 11) is 0. The summed E-state index contributed by atoms with van der Waals surface area (Å²) in [6.07, 6.45) is 0. The lowest BCUT2D eigenvalue weighted by Crippen LogP contribution is -2.13. The van der Waals surface area contributed by atoms with Crippen molar-refractivity contribution in [2.75, 3.05) is 11.9 Å². The van der Waals surface area contributed by atoms with Crippen LogP contribution in [0.15, 0.2) is 50.7 Å². The number of ether oxygens (including phenoxy) is 1. The number of benzene rings is 1. The summed E-state index contributed by atoms with van der Waals surface area (Å²) in [4.78, 5) is 26.3. The second-order valence-corrected chi connectivity index (χ2v) is 9.40. The molecule has 0 spiro atoms. The summed E-state index contributed by atoms with van der Waals surface area (Å²) < 4.78 is 6.78. The minimum Gasteiger partial charge on any atom is -0.462 e.